The number of benzene rings is 1. The zero-order valence-corrected chi connectivity index (χ0v) is 13.3. The molecule has 0 spiro atoms. The van der Waals surface area contributed by atoms with Crippen molar-refractivity contribution in [2.45, 2.75) is 6.04 Å². The molecule has 2 aromatic rings. The number of aromatic nitrogens is 2. The van der Waals surface area contributed by atoms with Crippen molar-refractivity contribution in [1.82, 2.24) is 19.8 Å². The Morgan fingerprint density at radius 2 is 1.64 bits per heavy atom. The number of hydrogen-bond acceptors (Lipinski definition) is 6. The van der Waals surface area contributed by atoms with Gasteiger partial charge in [-0.15, -0.1) is 0 Å². The van der Waals surface area contributed by atoms with Crippen molar-refractivity contribution in [3.05, 3.63) is 53.9 Å². The Morgan fingerprint density at radius 3 is 2.24 bits per heavy atom. The Kier molecular flexibility index (Phi) is 3.64. The van der Waals surface area contributed by atoms with E-state index in [0.29, 0.717) is 30.2 Å². The van der Waals surface area contributed by atoms with Crippen LogP contribution in [0.1, 0.15) is 20.7 Å². The lowest BCUT2D eigenvalue weighted by Gasteiger charge is -2.40. The first-order chi connectivity index (χ1) is 12.1. The number of rotatable bonds is 4. The van der Waals surface area contributed by atoms with Crippen LogP contribution in [-0.2, 0) is 4.79 Å². The Balaban J connectivity index is 1.34. The second-order valence-electron chi connectivity index (χ2n) is 5.95. The third-order valence-corrected chi connectivity index (χ3v) is 4.30. The molecule has 0 saturated carbocycles. The maximum absolute atomic E-state index is 12.3. The van der Waals surface area contributed by atoms with Crippen LogP contribution in [0.25, 0.3) is 0 Å². The first-order valence-electron chi connectivity index (χ1n) is 7.90. The number of imide groups is 1. The van der Waals surface area contributed by atoms with Crippen LogP contribution in [0.5, 0.6) is 0 Å². The van der Waals surface area contributed by atoms with Gasteiger partial charge in [0.05, 0.1) is 17.2 Å². The molecule has 0 atom stereocenters. The molecule has 8 heteroatoms. The lowest BCUT2D eigenvalue weighted by molar-refractivity contribution is -0.135. The highest BCUT2D eigenvalue weighted by Crippen LogP contribution is 2.23. The molecule has 2 aliphatic heterocycles. The molecule has 126 valence electrons. The second kappa shape index (κ2) is 5.97. The molecule has 0 radical (unpaired) electrons. The fraction of sp³-hybridized carbons (Fsp3) is 0.235. The molecule has 1 aromatic heterocycles. The first-order valence-corrected chi connectivity index (χ1v) is 7.90. The molecule has 0 aliphatic carbocycles. The summed E-state index contributed by atoms with van der Waals surface area (Å²) in [5, 5.41) is 3.12. The van der Waals surface area contributed by atoms with E-state index in [4.69, 9.17) is 0 Å². The van der Waals surface area contributed by atoms with Crippen LogP contribution in [0.15, 0.2) is 42.7 Å². The normalized spacial score (nSPS) is 16.6. The first kappa shape index (κ1) is 15.3. The smallest absolute Gasteiger partial charge is 0.262 e. The summed E-state index contributed by atoms with van der Waals surface area (Å²) >= 11 is 0. The van der Waals surface area contributed by atoms with Crippen molar-refractivity contribution in [1.29, 1.82) is 0 Å². The number of fused-ring (bicyclic) bond motifs is 1. The Hall–Kier alpha value is -3.29. The molecule has 0 unspecified atom stereocenters. The number of carbonyl (C=O) groups excluding carboxylic acids is 3. The topological polar surface area (TPSA) is 95.5 Å². The van der Waals surface area contributed by atoms with Gasteiger partial charge < -0.3 is 10.2 Å². The van der Waals surface area contributed by atoms with Crippen LogP contribution in [0, 0.1) is 0 Å². The number of nitrogens with zero attached hydrogens (tertiary/aromatic N) is 4. The number of amides is 3. The number of anilines is 1. The van der Waals surface area contributed by atoms with Gasteiger partial charge in [0.25, 0.3) is 11.8 Å². The average molecular weight is 337 g/mol. The van der Waals surface area contributed by atoms with Gasteiger partial charge in [0.1, 0.15) is 6.54 Å². The van der Waals surface area contributed by atoms with E-state index in [1.54, 1.807) is 47.6 Å². The van der Waals surface area contributed by atoms with Crippen LogP contribution in [0.4, 0.5) is 5.95 Å². The molecule has 3 amide bonds. The monoisotopic (exact) mass is 337 g/mol. The molecule has 0 bridgehead atoms. The Morgan fingerprint density at radius 1 is 1.04 bits per heavy atom. The largest absolute Gasteiger partial charge is 0.348 e. The van der Waals surface area contributed by atoms with Crippen LogP contribution in [0.2, 0.25) is 0 Å². The SMILES string of the molecule is O=C(CN1C(=O)c2ccccc2C1=O)N1CC(Nc2ncccn2)C1. The summed E-state index contributed by atoms with van der Waals surface area (Å²) in [5.74, 6) is -0.565. The van der Waals surface area contributed by atoms with Crippen LogP contribution in [0.3, 0.4) is 0 Å². The van der Waals surface area contributed by atoms with Gasteiger partial charge in [0.15, 0.2) is 0 Å². The van der Waals surface area contributed by atoms with E-state index < -0.39 is 11.8 Å². The summed E-state index contributed by atoms with van der Waals surface area (Å²) in [6.07, 6.45) is 3.28. The van der Waals surface area contributed by atoms with Gasteiger partial charge in [-0.25, -0.2) is 9.97 Å². The predicted molar refractivity (Wildman–Crippen MR) is 87.8 cm³/mol. The summed E-state index contributed by atoms with van der Waals surface area (Å²) in [6, 6.07) is 8.39. The van der Waals surface area contributed by atoms with E-state index in [-0.39, 0.29) is 18.5 Å². The van der Waals surface area contributed by atoms with E-state index in [2.05, 4.69) is 15.3 Å². The zero-order valence-electron chi connectivity index (χ0n) is 13.3. The molecule has 4 rings (SSSR count). The van der Waals surface area contributed by atoms with E-state index in [0.717, 1.165) is 4.90 Å². The fourth-order valence-electron chi connectivity index (χ4n) is 2.95. The molecule has 3 heterocycles. The van der Waals surface area contributed by atoms with E-state index in [9.17, 15) is 14.4 Å². The highest BCUT2D eigenvalue weighted by atomic mass is 16.2. The van der Waals surface area contributed by atoms with Gasteiger partial charge in [-0.1, -0.05) is 12.1 Å². The summed E-state index contributed by atoms with van der Waals surface area (Å²) in [5.41, 5.74) is 0.703. The quantitative estimate of drug-likeness (QED) is 0.811. The Bertz CT molecular complexity index is 813. The Labute approximate surface area is 143 Å². The molecule has 2 aliphatic rings. The standard InChI is InChI=1S/C17H15N5O3/c23-14(21-8-11(9-21)20-17-18-6-3-7-19-17)10-22-15(24)12-4-1-2-5-13(12)16(22)25/h1-7,11H,8-10H2,(H,18,19,20). The number of carbonyl (C=O) groups is 3. The van der Waals surface area contributed by atoms with Gasteiger partial charge in [-0.3, -0.25) is 19.3 Å². The minimum Gasteiger partial charge on any atom is -0.348 e. The number of nitrogens with one attached hydrogen (secondary N) is 1. The van der Waals surface area contributed by atoms with Crippen molar-refractivity contribution in [2.75, 3.05) is 25.0 Å². The second-order valence-corrected chi connectivity index (χ2v) is 5.95. The lowest BCUT2D eigenvalue weighted by Crippen LogP contribution is -2.59. The van der Waals surface area contributed by atoms with Gasteiger partial charge >= 0.3 is 0 Å². The van der Waals surface area contributed by atoms with E-state index in [1.165, 1.54) is 0 Å². The molecular formula is C17H15N5O3. The molecule has 1 saturated heterocycles. The number of likely N-dealkylation sites (tertiary alicyclic amines) is 1. The average Bonchev–Trinajstić information content (AvgIpc) is 2.84. The van der Waals surface area contributed by atoms with Crippen LogP contribution >= 0.6 is 0 Å². The van der Waals surface area contributed by atoms with Crippen molar-refractivity contribution in [2.24, 2.45) is 0 Å². The van der Waals surface area contributed by atoms with Crippen molar-refractivity contribution in [3.63, 3.8) is 0 Å². The third-order valence-electron chi connectivity index (χ3n) is 4.30. The molecule has 1 N–H and O–H groups in total. The van der Waals surface area contributed by atoms with E-state index in [1.807, 2.05) is 0 Å². The summed E-state index contributed by atoms with van der Waals surface area (Å²) in [4.78, 5) is 47.7. The third kappa shape index (κ3) is 2.71. The minimum atomic E-state index is -0.415. The molecule has 25 heavy (non-hydrogen) atoms. The molecular weight excluding hydrogens is 322 g/mol. The maximum Gasteiger partial charge on any atom is 0.262 e. The van der Waals surface area contributed by atoms with Crippen molar-refractivity contribution in [3.8, 4) is 0 Å². The van der Waals surface area contributed by atoms with Crippen molar-refractivity contribution < 1.29 is 14.4 Å². The maximum atomic E-state index is 12.3. The lowest BCUT2D eigenvalue weighted by atomic mass is 10.1. The van der Waals surface area contributed by atoms with Gasteiger partial charge in [0.2, 0.25) is 11.9 Å². The minimum absolute atomic E-state index is 0.0635. The van der Waals surface area contributed by atoms with Crippen molar-refractivity contribution >= 4 is 23.7 Å². The molecule has 1 fully saturated rings. The molecule has 1 aromatic carbocycles. The zero-order chi connectivity index (χ0) is 17.4. The van der Waals surface area contributed by atoms with Gasteiger partial charge in [-0.05, 0) is 18.2 Å². The predicted octanol–water partition coefficient (Wildman–Crippen LogP) is 0.395. The van der Waals surface area contributed by atoms with Crippen LogP contribution in [-0.4, -0.2) is 63.2 Å². The summed E-state index contributed by atoms with van der Waals surface area (Å²) in [6.45, 7) is 0.738. The van der Waals surface area contributed by atoms with E-state index >= 15 is 0 Å². The number of hydrogen-bond donors (Lipinski definition) is 1. The highest BCUT2D eigenvalue weighted by molar-refractivity contribution is 6.22. The fourth-order valence-corrected chi connectivity index (χ4v) is 2.95. The highest BCUT2D eigenvalue weighted by Gasteiger charge is 2.39. The van der Waals surface area contributed by atoms with Gasteiger partial charge in [0, 0.05) is 25.5 Å². The summed E-state index contributed by atoms with van der Waals surface area (Å²) in [7, 11) is 0. The van der Waals surface area contributed by atoms with Crippen LogP contribution < -0.4 is 5.32 Å². The molecule has 8 nitrogen and oxygen atoms in total. The summed E-state index contributed by atoms with van der Waals surface area (Å²) < 4.78 is 0. The van der Waals surface area contributed by atoms with Gasteiger partial charge in [-0.2, -0.15) is 0 Å².